The number of aromatic amines is 1. The van der Waals surface area contributed by atoms with Crippen molar-refractivity contribution in [3.05, 3.63) is 18.1 Å². The first-order chi connectivity index (χ1) is 10.1. The standard InChI is InChI=1S/C13H19N7O/c14-12(15)10-9(5-17-13-11(10)18-7-19-13)16-2-4-20-3-1-8(21)6-20/h5,7-8,16,21H,1-4,6H2,(H3,14,15)(H,17,18,19). The number of β-amino-alcohol motifs (C(OH)–C–C–N with tert-alkyl or cyclic N) is 1. The van der Waals surface area contributed by atoms with Gasteiger partial charge in [-0.1, -0.05) is 0 Å². The fraction of sp³-hybridized carbons (Fsp3) is 0.462. The van der Waals surface area contributed by atoms with Crippen LogP contribution in [-0.4, -0.2) is 63.1 Å². The van der Waals surface area contributed by atoms with E-state index in [1.807, 2.05) is 0 Å². The SMILES string of the molecule is N=C(N)c1c(NCCN2CCC(O)C2)cnc2nc[nH]c12. The van der Waals surface area contributed by atoms with E-state index in [-0.39, 0.29) is 11.9 Å². The Morgan fingerprint density at radius 1 is 1.57 bits per heavy atom. The molecule has 2 aromatic heterocycles. The Kier molecular flexibility index (Phi) is 3.72. The highest BCUT2D eigenvalue weighted by Crippen LogP contribution is 2.21. The van der Waals surface area contributed by atoms with Gasteiger partial charge < -0.3 is 21.1 Å². The molecule has 0 saturated carbocycles. The minimum Gasteiger partial charge on any atom is -0.392 e. The Balaban J connectivity index is 1.71. The maximum absolute atomic E-state index is 9.50. The van der Waals surface area contributed by atoms with Crippen LogP contribution in [0, 0.1) is 5.41 Å². The van der Waals surface area contributed by atoms with Crippen molar-refractivity contribution < 1.29 is 5.11 Å². The number of aliphatic hydroxyl groups is 1. The Morgan fingerprint density at radius 2 is 2.43 bits per heavy atom. The zero-order chi connectivity index (χ0) is 14.8. The van der Waals surface area contributed by atoms with E-state index in [0.717, 1.165) is 31.7 Å². The van der Waals surface area contributed by atoms with Gasteiger partial charge in [-0.2, -0.15) is 0 Å². The number of anilines is 1. The molecule has 1 fully saturated rings. The van der Waals surface area contributed by atoms with Crippen LogP contribution < -0.4 is 11.1 Å². The molecule has 1 saturated heterocycles. The second-order valence-electron chi connectivity index (χ2n) is 5.23. The molecule has 6 N–H and O–H groups in total. The number of imidazole rings is 1. The third-order valence-corrected chi connectivity index (χ3v) is 3.71. The molecule has 0 spiro atoms. The second-order valence-corrected chi connectivity index (χ2v) is 5.23. The van der Waals surface area contributed by atoms with E-state index in [2.05, 4.69) is 25.2 Å². The average Bonchev–Trinajstić information content (AvgIpc) is 3.06. The molecule has 1 atom stereocenters. The van der Waals surface area contributed by atoms with E-state index in [9.17, 15) is 5.11 Å². The zero-order valence-corrected chi connectivity index (χ0v) is 11.6. The number of H-pyrrole nitrogens is 1. The van der Waals surface area contributed by atoms with Gasteiger partial charge in [0.15, 0.2) is 5.65 Å². The van der Waals surface area contributed by atoms with Crippen molar-refractivity contribution in [1.82, 2.24) is 19.9 Å². The van der Waals surface area contributed by atoms with Gasteiger partial charge in [-0.3, -0.25) is 10.3 Å². The monoisotopic (exact) mass is 289 g/mol. The molecule has 1 aliphatic heterocycles. The number of nitrogens with one attached hydrogen (secondary N) is 3. The molecule has 8 heteroatoms. The molecule has 3 rings (SSSR count). The van der Waals surface area contributed by atoms with Crippen molar-refractivity contribution in [3.8, 4) is 0 Å². The number of aromatic nitrogens is 3. The summed E-state index contributed by atoms with van der Waals surface area (Å²) < 4.78 is 0. The highest BCUT2D eigenvalue weighted by molar-refractivity contribution is 6.09. The predicted molar refractivity (Wildman–Crippen MR) is 80.5 cm³/mol. The fourth-order valence-corrected chi connectivity index (χ4v) is 2.67. The van der Waals surface area contributed by atoms with Gasteiger partial charge in [-0.25, -0.2) is 9.97 Å². The highest BCUT2D eigenvalue weighted by atomic mass is 16.3. The van der Waals surface area contributed by atoms with Crippen molar-refractivity contribution >= 4 is 22.7 Å². The van der Waals surface area contributed by atoms with Crippen molar-refractivity contribution in [2.24, 2.45) is 5.73 Å². The third-order valence-electron chi connectivity index (χ3n) is 3.71. The number of rotatable bonds is 5. The molecule has 112 valence electrons. The first-order valence-electron chi connectivity index (χ1n) is 6.96. The maximum atomic E-state index is 9.50. The van der Waals surface area contributed by atoms with Crippen LogP contribution in [0.1, 0.15) is 12.0 Å². The van der Waals surface area contributed by atoms with Crippen molar-refractivity contribution in [1.29, 1.82) is 5.41 Å². The Bertz CT molecular complexity index is 653. The maximum Gasteiger partial charge on any atom is 0.178 e. The van der Waals surface area contributed by atoms with E-state index in [0.29, 0.717) is 23.3 Å². The van der Waals surface area contributed by atoms with Crippen LogP contribution in [0.5, 0.6) is 0 Å². The second kappa shape index (κ2) is 5.66. The number of pyridine rings is 1. The Hall–Kier alpha value is -2.19. The summed E-state index contributed by atoms with van der Waals surface area (Å²) in [7, 11) is 0. The molecule has 0 bridgehead atoms. The lowest BCUT2D eigenvalue weighted by atomic mass is 10.2. The summed E-state index contributed by atoms with van der Waals surface area (Å²) in [4.78, 5) is 13.5. The van der Waals surface area contributed by atoms with Crippen LogP contribution in [0.2, 0.25) is 0 Å². The summed E-state index contributed by atoms with van der Waals surface area (Å²) in [6.45, 7) is 3.17. The number of hydrogen-bond donors (Lipinski definition) is 5. The van der Waals surface area contributed by atoms with Crippen LogP contribution >= 0.6 is 0 Å². The van der Waals surface area contributed by atoms with Crippen LogP contribution in [0.15, 0.2) is 12.5 Å². The average molecular weight is 289 g/mol. The van der Waals surface area contributed by atoms with E-state index in [1.54, 1.807) is 12.5 Å². The third kappa shape index (κ3) is 2.81. The first kappa shape index (κ1) is 13.8. The molecular weight excluding hydrogens is 270 g/mol. The molecular formula is C13H19N7O. The van der Waals surface area contributed by atoms with Crippen LogP contribution in [0.25, 0.3) is 11.2 Å². The van der Waals surface area contributed by atoms with Gasteiger partial charge in [0.2, 0.25) is 0 Å². The summed E-state index contributed by atoms with van der Waals surface area (Å²) in [6.07, 6.45) is 3.82. The van der Waals surface area contributed by atoms with E-state index in [4.69, 9.17) is 11.1 Å². The normalized spacial score (nSPS) is 19.2. The number of fused-ring (bicyclic) bond motifs is 1. The number of hydrogen-bond acceptors (Lipinski definition) is 6. The topological polar surface area (TPSA) is 127 Å². The van der Waals surface area contributed by atoms with Crippen LogP contribution in [-0.2, 0) is 0 Å². The van der Waals surface area contributed by atoms with E-state index < -0.39 is 0 Å². The Labute approximate surface area is 121 Å². The minimum absolute atomic E-state index is 0.0225. The Morgan fingerprint density at radius 3 is 3.14 bits per heavy atom. The molecule has 0 radical (unpaired) electrons. The zero-order valence-electron chi connectivity index (χ0n) is 11.6. The summed E-state index contributed by atoms with van der Waals surface area (Å²) in [5, 5.41) is 20.5. The molecule has 1 aliphatic rings. The van der Waals surface area contributed by atoms with Gasteiger partial charge in [0.05, 0.1) is 35.4 Å². The molecule has 0 aromatic carbocycles. The molecule has 21 heavy (non-hydrogen) atoms. The van der Waals surface area contributed by atoms with Gasteiger partial charge in [-0.15, -0.1) is 0 Å². The molecule has 8 nitrogen and oxygen atoms in total. The first-order valence-corrected chi connectivity index (χ1v) is 6.96. The lowest BCUT2D eigenvalue weighted by Gasteiger charge is -2.17. The number of aliphatic hydroxyl groups excluding tert-OH is 1. The summed E-state index contributed by atoms with van der Waals surface area (Å²) >= 11 is 0. The van der Waals surface area contributed by atoms with Gasteiger partial charge in [0.25, 0.3) is 0 Å². The lowest BCUT2D eigenvalue weighted by molar-refractivity contribution is 0.177. The molecule has 1 unspecified atom stereocenters. The number of amidine groups is 1. The lowest BCUT2D eigenvalue weighted by Crippen LogP contribution is -2.28. The molecule has 2 aromatic rings. The number of nitrogens with zero attached hydrogens (tertiary/aromatic N) is 3. The van der Waals surface area contributed by atoms with Gasteiger partial charge >= 0.3 is 0 Å². The van der Waals surface area contributed by atoms with Crippen LogP contribution in [0.4, 0.5) is 5.69 Å². The predicted octanol–water partition coefficient (Wildman–Crippen LogP) is -0.280. The minimum atomic E-state index is -0.208. The van der Waals surface area contributed by atoms with Crippen molar-refractivity contribution in [3.63, 3.8) is 0 Å². The summed E-state index contributed by atoms with van der Waals surface area (Å²) in [6, 6.07) is 0. The smallest absolute Gasteiger partial charge is 0.178 e. The van der Waals surface area contributed by atoms with Crippen molar-refractivity contribution in [2.75, 3.05) is 31.5 Å². The van der Waals surface area contributed by atoms with E-state index in [1.165, 1.54) is 0 Å². The largest absolute Gasteiger partial charge is 0.392 e. The van der Waals surface area contributed by atoms with Gasteiger partial charge in [0, 0.05) is 26.2 Å². The van der Waals surface area contributed by atoms with Gasteiger partial charge in [-0.05, 0) is 6.42 Å². The fourth-order valence-electron chi connectivity index (χ4n) is 2.67. The van der Waals surface area contributed by atoms with Gasteiger partial charge in [0.1, 0.15) is 5.84 Å². The van der Waals surface area contributed by atoms with Crippen LogP contribution in [0.3, 0.4) is 0 Å². The summed E-state index contributed by atoms with van der Waals surface area (Å²) in [5.41, 5.74) is 8.21. The molecule has 3 heterocycles. The number of likely N-dealkylation sites (tertiary alicyclic amines) is 1. The molecule has 0 amide bonds. The van der Waals surface area contributed by atoms with Crippen molar-refractivity contribution in [2.45, 2.75) is 12.5 Å². The number of nitrogens with two attached hydrogens (primary N) is 1. The summed E-state index contributed by atoms with van der Waals surface area (Å²) in [5.74, 6) is -0.0225. The highest BCUT2D eigenvalue weighted by Gasteiger charge is 2.19. The van der Waals surface area contributed by atoms with E-state index >= 15 is 0 Å². The molecule has 0 aliphatic carbocycles. The quantitative estimate of drug-likeness (QED) is 0.380. The number of nitrogen functional groups attached to an aromatic ring is 1.